The van der Waals surface area contributed by atoms with Crippen LogP contribution in [0.5, 0.6) is 0 Å². The molecule has 1 aromatic rings. The topological polar surface area (TPSA) is 46.2 Å². The van der Waals surface area contributed by atoms with E-state index in [0.717, 1.165) is 50.3 Å². The summed E-state index contributed by atoms with van der Waals surface area (Å²) in [4.78, 5) is 23.5. The van der Waals surface area contributed by atoms with Gasteiger partial charge in [0.15, 0.2) is 11.6 Å². The van der Waals surface area contributed by atoms with Crippen LogP contribution in [0, 0.1) is 11.6 Å². The second-order valence-corrected chi connectivity index (χ2v) is 4.77. The van der Waals surface area contributed by atoms with Gasteiger partial charge >= 0.3 is 0 Å². The molecule has 102 valence electrons. The lowest BCUT2D eigenvalue weighted by atomic mass is 9.95. The van der Waals surface area contributed by atoms with Gasteiger partial charge in [-0.3, -0.25) is 9.59 Å². The van der Waals surface area contributed by atoms with Crippen molar-refractivity contribution in [1.82, 2.24) is 5.32 Å². The molecule has 0 heterocycles. The van der Waals surface area contributed by atoms with Crippen LogP contribution in [0.4, 0.5) is 8.78 Å². The van der Waals surface area contributed by atoms with Gasteiger partial charge in [-0.2, -0.15) is 0 Å². The summed E-state index contributed by atoms with van der Waals surface area (Å²) in [5, 5.41) is 2.65. The molecule has 0 unspecified atom stereocenters. The lowest BCUT2D eigenvalue weighted by Gasteiger charge is -2.22. The summed E-state index contributed by atoms with van der Waals surface area (Å²) < 4.78 is 25.8. The lowest BCUT2D eigenvalue weighted by molar-refractivity contribution is -0.117. The molecule has 0 bridgehead atoms. The molecule has 1 saturated carbocycles. The van der Waals surface area contributed by atoms with E-state index in [4.69, 9.17) is 0 Å². The number of benzene rings is 1. The van der Waals surface area contributed by atoms with E-state index in [0.29, 0.717) is 0 Å². The number of amides is 1. The van der Waals surface area contributed by atoms with Crippen LogP contribution in [0.15, 0.2) is 18.2 Å². The molecule has 1 aliphatic rings. The van der Waals surface area contributed by atoms with E-state index in [1.807, 2.05) is 0 Å². The van der Waals surface area contributed by atoms with Gasteiger partial charge in [0.1, 0.15) is 0 Å². The third kappa shape index (κ3) is 3.36. The average molecular weight is 267 g/mol. The average Bonchev–Trinajstić information content (AvgIpc) is 2.42. The van der Waals surface area contributed by atoms with Crippen molar-refractivity contribution in [2.45, 2.75) is 38.1 Å². The number of rotatable bonds is 3. The Kier molecular flexibility index (Phi) is 4.24. The van der Waals surface area contributed by atoms with Crippen LogP contribution < -0.4 is 5.32 Å². The van der Waals surface area contributed by atoms with Crippen LogP contribution in [-0.4, -0.2) is 17.7 Å². The molecule has 1 amide bonds. The van der Waals surface area contributed by atoms with Gasteiger partial charge in [0, 0.05) is 11.6 Å². The highest BCUT2D eigenvalue weighted by Crippen LogP contribution is 2.17. The first-order chi connectivity index (χ1) is 9.08. The lowest BCUT2D eigenvalue weighted by Crippen LogP contribution is -2.40. The maximum Gasteiger partial charge on any atom is 0.292 e. The van der Waals surface area contributed by atoms with Crippen LogP contribution in [0.3, 0.4) is 0 Å². The molecule has 1 aromatic carbocycles. The molecule has 0 saturated heterocycles. The molecule has 0 aliphatic heterocycles. The minimum absolute atomic E-state index is 0.00972. The minimum atomic E-state index is -1.13. The maximum absolute atomic E-state index is 13.0. The Bertz CT molecular complexity index is 496. The molecule has 1 aliphatic carbocycles. The number of nitrogens with one attached hydrogen (secondary N) is 1. The summed E-state index contributed by atoms with van der Waals surface area (Å²) >= 11 is 0. The standard InChI is InChI=1S/C14H15F2NO2/c15-11-7-6-9(8-12(11)16)13(18)14(19)17-10-4-2-1-3-5-10/h6-8,10H,1-5H2,(H,17,19). The number of hydrogen-bond donors (Lipinski definition) is 1. The van der Waals surface area contributed by atoms with Gasteiger partial charge in [-0.15, -0.1) is 0 Å². The Morgan fingerprint density at radius 3 is 2.37 bits per heavy atom. The fourth-order valence-electron chi connectivity index (χ4n) is 2.27. The number of Topliss-reactive ketones (excluding diaryl/α,β-unsaturated/α-hetero) is 1. The zero-order valence-corrected chi connectivity index (χ0v) is 10.4. The Balaban J connectivity index is 2.01. The van der Waals surface area contributed by atoms with Gasteiger partial charge in [0.2, 0.25) is 5.78 Å². The van der Waals surface area contributed by atoms with E-state index in [9.17, 15) is 18.4 Å². The predicted octanol–water partition coefficient (Wildman–Crippen LogP) is 2.60. The third-order valence-electron chi connectivity index (χ3n) is 3.33. The third-order valence-corrected chi connectivity index (χ3v) is 3.33. The van der Waals surface area contributed by atoms with E-state index in [1.54, 1.807) is 0 Å². The summed E-state index contributed by atoms with van der Waals surface area (Å²) in [6.07, 6.45) is 4.92. The highest BCUT2D eigenvalue weighted by molar-refractivity contribution is 6.42. The summed E-state index contributed by atoms with van der Waals surface area (Å²) in [6.45, 7) is 0. The summed E-state index contributed by atoms with van der Waals surface area (Å²) in [5.74, 6) is -3.75. The molecule has 1 N–H and O–H groups in total. The fraction of sp³-hybridized carbons (Fsp3) is 0.429. The molecular formula is C14H15F2NO2. The van der Waals surface area contributed by atoms with Crippen molar-refractivity contribution in [3.05, 3.63) is 35.4 Å². The summed E-state index contributed by atoms with van der Waals surface area (Å²) in [5.41, 5.74) is -0.132. The Labute approximate surface area is 110 Å². The SMILES string of the molecule is O=C(NC1CCCCC1)C(=O)c1ccc(F)c(F)c1. The van der Waals surface area contributed by atoms with Crippen LogP contribution >= 0.6 is 0 Å². The van der Waals surface area contributed by atoms with Gasteiger partial charge in [-0.25, -0.2) is 8.78 Å². The van der Waals surface area contributed by atoms with Crippen molar-refractivity contribution in [3.8, 4) is 0 Å². The van der Waals surface area contributed by atoms with E-state index < -0.39 is 23.3 Å². The van der Waals surface area contributed by atoms with Crippen molar-refractivity contribution in [1.29, 1.82) is 0 Å². The van der Waals surface area contributed by atoms with Crippen molar-refractivity contribution in [3.63, 3.8) is 0 Å². The van der Waals surface area contributed by atoms with Crippen LogP contribution in [0.25, 0.3) is 0 Å². The van der Waals surface area contributed by atoms with Gasteiger partial charge in [-0.05, 0) is 31.0 Å². The zero-order valence-electron chi connectivity index (χ0n) is 10.4. The predicted molar refractivity (Wildman–Crippen MR) is 65.7 cm³/mol. The van der Waals surface area contributed by atoms with Gasteiger partial charge in [0.25, 0.3) is 5.91 Å². The molecule has 0 atom stereocenters. The Morgan fingerprint density at radius 2 is 1.74 bits per heavy atom. The molecule has 1 fully saturated rings. The minimum Gasteiger partial charge on any atom is -0.346 e. The monoisotopic (exact) mass is 267 g/mol. The van der Waals surface area contributed by atoms with E-state index >= 15 is 0 Å². The summed E-state index contributed by atoms with van der Waals surface area (Å²) in [6, 6.07) is 2.71. The van der Waals surface area contributed by atoms with Crippen LogP contribution in [-0.2, 0) is 4.79 Å². The second-order valence-electron chi connectivity index (χ2n) is 4.77. The smallest absolute Gasteiger partial charge is 0.292 e. The fourth-order valence-corrected chi connectivity index (χ4v) is 2.27. The molecule has 19 heavy (non-hydrogen) atoms. The Hall–Kier alpha value is -1.78. The van der Waals surface area contributed by atoms with Crippen molar-refractivity contribution < 1.29 is 18.4 Å². The van der Waals surface area contributed by atoms with Crippen LogP contribution in [0.2, 0.25) is 0 Å². The van der Waals surface area contributed by atoms with E-state index in [1.165, 1.54) is 0 Å². The zero-order chi connectivity index (χ0) is 13.8. The van der Waals surface area contributed by atoms with E-state index in [-0.39, 0.29) is 11.6 Å². The number of carbonyl (C=O) groups excluding carboxylic acids is 2. The first-order valence-corrected chi connectivity index (χ1v) is 6.38. The number of halogens is 2. The first kappa shape index (κ1) is 13.6. The molecule has 0 aromatic heterocycles. The number of ketones is 1. The van der Waals surface area contributed by atoms with Crippen molar-refractivity contribution in [2.24, 2.45) is 0 Å². The molecule has 0 radical (unpaired) electrons. The number of hydrogen-bond acceptors (Lipinski definition) is 2. The molecule has 5 heteroatoms. The highest BCUT2D eigenvalue weighted by atomic mass is 19.2. The highest BCUT2D eigenvalue weighted by Gasteiger charge is 2.22. The van der Waals surface area contributed by atoms with Gasteiger partial charge in [0.05, 0.1) is 0 Å². The molecule has 3 nitrogen and oxygen atoms in total. The second kappa shape index (κ2) is 5.91. The number of carbonyl (C=O) groups is 2. The van der Waals surface area contributed by atoms with Crippen LogP contribution in [0.1, 0.15) is 42.5 Å². The molecular weight excluding hydrogens is 252 g/mol. The summed E-state index contributed by atoms with van der Waals surface area (Å²) in [7, 11) is 0. The van der Waals surface area contributed by atoms with Crippen molar-refractivity contribution in [2.75, 3.05) is 0 Å². The van der Waals surface area contributed by atoms with Gasteiger partial charge in [-0.1, -0.05) is 19.3 Å². The van der Waals surface area contributed by atoms with E-state index in [2.05, 4.69) is 5.32 Å². The van der Waals surface area contributed by atoms with Gasteiger partial charge < -0.3 is 5.32 Å². The molecule has 2 rings (SSSR count). The molecule has 0 spiro atoms. The Morgan fingerprint density at radius 1 is 1.05 bits per heavy atom. The normalized spacial score (nSPS) is 16.1. The van der Waals surface area contributed by atoms with Crippen molar-refractivity contribution >= 4 is 11.7 Å². The largest absolute Gasteiger partial charge is 0.346 e. The maximum atomic E-state index is 13.0. The quantitative estimate of drug-likeness (QED) is 0.676. The first-order valence-electron chi connectivity index (χ1n) is 6.38.